The fraction of sp³-hybridized carbons (Fsp3) is 0.529. The second-order valence-corrected chi connectivity index (χ2v) is 6.22. The molecule has 5 heteroatoms. The van der Waals surface area contributed by atoms with E-state index >= 15 is 0 Å². The molecule has 2 amide bonds. The van der Waals surface area contributed by atoms with Gasteiger partial charge in [-0.05, 0) is 18.6 Å². The van der Waals surface area contributed by atoms with E-state index in [1.165, 1.54) is 0 Å². The second-order valence-electron chi connectivity index (χ2n) is 6.22. The van der Waals surface area contributed by atoms with Gasteiger partial charge in [0.25, 0.3) is 5.91 Å². The summed E-state index contributed by atoms with van der Waals surface area (Å²) < 4.78 is 0. The number of hydrogen-bond acceptors (Lipinski definition) is 3. The number of piperazine rings is 1. The van der Waals surface area contributed by atoms with Gasteiger partial charge in [0.15, 0.2) is 0 Å². The highest BCUT2D eigenvalue weighted by Gasteiger charge is 2.36. The highest BCUT2D eigenvalue weighted by molar-refractivity contribution is 5.96. The van der Waals surface area contributed by atoms with E-state index in [1.54, 1.807) is 6.92 Å². The Morgan fingerprint density at radius 2 is 1.64 bits per heavy atom. The van der Waals surface area contributed by atoms with Crippen LogP contribution in [-0.2, 0) is 4.79 Å². The van der Waals surface area contributed by atoms with Crippen LogP contribution in [0.5, 0.6) is 0 Å². The molecule has 2 aliphatic heterocycles. The number of nitrogens with zero attached hydrogens (tertiary/aromatic N) is 3. The van der Waals surface area contributed by atoms with Crippen molar-refractivity contribution in [3.8, 4) is 0 Å². The first-order valence-corrected chi connectivity index (χ1v) is 7.90. The molecule has 3 rings (SSSR count). The number of rotatable bonds is 2. The highest BCUT2D eigenvalue weighted by Crippen LogP contribution is 2.20. The summed E-state index contributed by atoms with van der Waals surface area (Å²) >= 11 is 0. The maximum absolute atomic E-state index is 12.5. The van der Waals surface area contributed by atoms with Crippen LogP contribution in [0.4, 0.5) is 0 Å². The summed E-state index contributed by atoms with van der Waals surface area (Å²) in [6.07, 6.45) is 0. The van der Waals surface area contributed by atoms with Gasteiger partial charge in [-0.15, -0.1) is 0 Å². The second kappa shape index (κ2) is 6.08. The average molecular weight is 301 g/mol. The first kappa shape index (κ1) is 15.0. The molecule has 2 saturated heterocycles. The molecule has 0 spiro atoms. The van der Waals surface area contributed by atoms with E-state index in [2.05, 4.69) is 4.90 Å². The monoisotopic (exact) mass is 301 g/mol. The van der Waals surface area contributed by atoms with Crippen molar-refractivity contribution < 1.29 is 9.59 Å². The standard InChI is InChI=1S/C17H23N3O2/c1-13-5-3-4-6-16(13)17(22)20-11-15(12-20)19-9-7-18(8-10-19)14(2)21/h3-6,15H,7-12H2,1-2H3. The molecule has 0 bridgehead atoms. The molecular weight excluding hydrogens is 278 g/mol. The normalized spacial score (nSPS) is 19.9. The summed E-state index contributed by atoms with van der Waals surface area (Å²) in [5, 5.41) is 0. The van der Waals surface area contributed by atoms with Crippen LogP contribution in [0, 0.1) is 6.92 Å². The van der Waals surface area contributed by atoms with Gasteiger partial charge in [-0.2, -0.15) is 0 Å². The highest BCUT2D eigenvalue weighted by atomic mass is 16.2. The Kier molecular flexibility index (Phi) is 4.16. The van der Waals surface area contributed by atoms with Crippen molar-refractivity contribution in [1.82, 2.24) is 14.7 Å². The van der Waals surface area contributed by atoms with Crippen LogP contribution in [-0.4, -0.2) is 71.8 Å². The Bertz CT molecular complexity index is 573. The minimum Gasteiger partial charge on any atom is -0.340 e. The number of likely N-dealkylation sites (tertiary alicyclic amines) is 1. The van der Waals surface area contributed by atoms with Gasteiger partial charge in [-0.3, -0.25) is 14.5 Å². The van der Waals surface area contributed by atoms with Crippen LogP contribution in [0.3, 0.4) is 0 Å². The molecule has 118 valence electrons. The molecule has 0 N–H and O–H groups in total. The molecule has 1 aromatic rings. The first-order valence-electron chi connectivity index (χ1n) is 7.90. The topological polar surface area (TPSA) is 43.9 Å². The third-order valence-electron chi connectivity index (χ3n) is 4.80. The van der Waals surface area contributed by atoms with Crippen LogP contribution in [0.2, 0.25) is 0 Å². The molecule has 0 aliphatic carbocycles. The van der Waals surface area contributed by atoms with Crippen LogP contribution in [0.1, 0.15) is 22.8 Å². The zero-order chi connectivity index (χ0) is 15.7. The minimum atomic E-state index is 0.136. The van der Waals surface area contributed by atoms with E-state index < -0.39 is 0 Å². The van der Waals surface area contributed by atoms with Crippen LogP contribution in [0.25, 0.3) is 0 Å². The van der Waals surface area contributed by atoms with Gasteiger partial charge >= 0.3 is 0 Å². The lowest BCUT2D eigenvalue weighted by molar-refractivity contribution is -0.131. The molecular formula is C17H23N3O2. The van der Waals surface area contributed by atoms with Crippen molar-refractivity contribution in [2.75, 3.05) is 39.3 Å². The maximum atomic E-state index is 12.5. The molecule has 2 fully saturated rings. The molecule has 1 aromatic carbocycles. The summed E-state index contributed by atoms with van der Waals surface area (Å²) in [5.41, 5.74) is 1.84. The fourth-order valence-corrected chi connectivity index (χ4v) is 3.24. The van der Waals surface area contributed by atoms with Crippen LogP contribution >= 0.6 is 0 Å². The lowest BCUT2D eigenvalue weighted by Crippen LogP contribution is -2.64. The summed E-state index contributed by atoms with van der Waals surface area (Å²) in [4.78, 5) is 30.0. The number of amides is 2. The van der Waals surface area contributed by atoms with Gasteiger partial charge in [0, 0.05) is 57.8 Å². The Labute approximate surface area is 131 Å². The number of hydrogen-bond donors (Lipinski definition) is 0. The van der Waals surface area contributed by atoms with E-state index in [1.807, 2.05) is 41.0 Å². The molecule has 2 heterocycles. The van der Waals surface area contributed by atoms with Gasteiger partial charge in [0.05, 0.1) is 0 Å². The Hall–Kier alpha value is -1.88. The zero-order valence-electron chi connectivity index (χ0n) is 13.3. The van der Waals surface area contributed by atoms with Crippen molar-refractivity contribution in [2.24, 2.45) is 0 Å². The number of carbonyl (C=O) groups is 2. The Morgan fingerprint density at radius 3 is 2.23 bits per heavy atom. The van der Waals surface area contributed by atoms with E-state index in [0.717, 1.165) is 50.4 Å². The molecule has 0 saturated carbocycles. The van der Waals surface area contributed by atoms with Crippen molar-refractivity contribution >= 4 is 11.8 Å². The van der Waals surface area contributed by atoms with E-state index in [0.29, 0.717) is 6.04 Å². The van der Waals surface area contributed by atoms with Gasteiger partial charge in [-0.25, -0.2) is 0 Å². The molecule has 22 heavy (non-hydrogen) atoms. The predicted octanol–water partition coefficient (Wildman–Crippen LogP) is 0.984. The summed E-state index contributed by atoms with van der Waals surface area (Å²) in [5.74, 6) is 0.293. The Balaban J connectivity index is 1.51. The lowest BCUT2D eigenvalue weighted by Gasteiger charge is -2.48. The van der Waals surface area contributed by atoms with Crippen LogP contribution < -0.4 is 0 Å². The largest absolute Gasteiger partial charge is 0.340 e. The predicted molar refractivity (Wildman–Crippen MR) is 84.7 cm³/mol. The summed E-state index contributed by atoms with van der Waals surface area (Å²) in [6.45, 7) is 8.63. The minimum absolute atomic E-state index is 0.136. The van der Waals surface area contributed by atoms with Crippen molar-refractivity contribution in [1.29, 1.82) is 0 Å². The van der Waals surface area contributed by atoms with Gasteiger partial charge in [0.1, 0.15) is 0 Å². The molecule has 5 nitrogen and oxygen atoms in total. The molecule has 0 aromatic heterocycles. The average Bonchev–Trinajstić information content (AvgIpc) is 2.46. The fourth-order valence-electron chi connectivity index (χ4n) is 3.24. The first-order chi connectivity index (χ1) is 10.6. The van der Waals surface area contributed by atoms with E-state index in [-0.39, 0.29) is 11.8 Å². The number of aryl methyl sites for hydroxylation is 1. The van der Waals surface area contributed by atoms with E-state index in [9.17, 15) is 9.59 Å². The van der Waals surface area contributed by atoms with Crippen molar-refractivity contribution in [3.05, 3.63) is 35.4 Å². The zero-order valence-corrected chi connectivity index (χ0v) is 13.3. The van der Waals surface area contributed by atoms with Gasteiger partial charge in [-0.1, -0.05) is 18.2 Å². The van der Waals surface area contributed by atoms with Crippen molar-refractivity contribution in [2.45, 2.75) is 19.9 Å². The quantitative estimate of drug-likeness (QED) is 0.818. The van der Waals surface area contributed by atoms with Crippen molar-refractivity contribution in [3.63, 3.8) is 0 Å². The maximum Gasteiger partial charge on any atom is 0.254 e. The molecule has 0 unspecified atom stereocenters. The molecule has 0 atom stereocenters. The Morgan fingerprint density at radius 1 is 1.00 bits per heavy atom. The third-order valence-corrected chi connectivity index (χ3v) is 4.80. The van der Waals surface area contributed by atoms with E-state index in [4.69, 9.17) is 0 Å². The SMILES string of the molecule is CC(=O)N1CCN(C2CN(C(=O)c3ccccc3C)C2)CC1. The van der Waals surface area contributed by atoms with Crippen LogP contribution in [0.15, 0.2) is 24.3 Å². The molecule has 0 radical (unpaired) electrons. The third kappa shape index (κ3) is 2.86. The summed E-state index contributed by atoms with van der Waals surface area (Å²) in [6, 6.07) is 8.20. The number of benzene rings is 1. The lowest BCUT2D eigenvalue weighted by atomic mass is 10.0. The number of carbonyl (C=O) groups excluding carboxylic acids is 2. The van der Waals surface area contributed by atoms with Gasteiger partial charge in [0.2, 0.25) is 5.91 Å². The smallest absolute Gasteiger partial charge is 0.254 e. The van der Waals surface area contributed by atoms with Gasteiger partial charge < -0.3 is 9.80 Å². The molecule has 2 aliphatic rings. The summed E-state index contributed by atoms with van der Waals surface area (Å²) in [7, 11) is 0.